The highest BCUT2D eigenvalue weighted by Gasteiger charge is 1.86. The molecule has 0 amide bonds. The van der Waals surface area contributed by atoms with E-state index in [4.69, 9.17) is 0 Å². The van der Waals surface area contributed by atoms with Gasteiger partial charge in [0.05, 0.1) is 0 Å². The van der Waals surface area contributed by atoms with Crippen molar-refractivity contribution in [2.45, 2.75) is 0 Å². The van der Waals surface area contributed by atoms with E-state index in [9.17, 15) is 0 Å². The Morgan fingerprint density at radius 3 is 2.83 bits per heavy atom. The van der Waals surface area contributed by atoms with Gasteiger partial charge >= 0.3 is 12.1 Å². The molecule has 0 radical (unpaired) electrons. The maximum Gasteiger partial charge on any atom is 0.397 e. The Kier molecular flexibility index (Phi) is 0.677. The molecule has 6 heavy (non-hydrogen) atoms. The van der Waals surface area contributed by atoms with Crippen LogP contribution in [-0.4, -0.2) is 6.54 Å². The van der Waals surface area contributed by atoms with Gasteiger partial charge in [0, 0.05) is 4.85 Å². The van der Waals surface area contributed by atoms with Crippen molar-refractivity contribution in [1.29, 1.82) is 0 Å². The van der Waals surface area contributed by atoms with Crippen molar-refractivity contribution in [3.63, 3.8) is 0 Å². The average Bonchev–Trinajstić information content (AvgIpc) is 1.72. The van der Waals surface area contributed by atoms with Gasteiger partial charge in [0.25, 0.3) is 0 Å². The summed E-state index contributed by atoms with van der Waals surface area (Å²) in [5.74, 6) is 0. The van der Waals surface area contributed by atoms with Gasteiger partial charge in [-0.05, 0) is 0 Å². The fourth-order valence-electron chi connectivity index (χ4n) is 0.230. The Morgan fingerprint density at radius 1 is 1.67 bits per heavy atom. The second-order valence-electron chi connectivity index (χ2n) is 0.860. The fraction of sp³-hybridized carbons (Fsp3) is 0.250. The van der Waals surface area contributed by atoms with Crippen LogP contribution in [0.1, 0.15) is 0 Å². The van der Waals surface area contributed by atoms with E-state index in [2.05, 4.69) is 28.3 Å². The highest BCUT2D eigenvalue weighted by Crippen LogP contribution is 1.64. The molecule has 0 bridgehead atoms. The Bertz CT molecular complexity index is 130. The Balaban J connectivity index is 2.67. The summed E-state index contributed by atoms with van der Waals surface area (Å²) in [5, 5.41) is 2.72. The zero-order valence-electron chi connectivity index (χ0n) is 3.15. The van der Waals surface area contributed by atoms with Crippen LogP contribution in [0.15, 0.2) is 0 Å². The van der Waals surface area contributed by atoms with E-state index >= 15 is 0 Å². The van der Waals surface area contributed by atoms with E-state index in [1.165, 1.54) is 0 Å². The first-order valence-electron chi connectivity index (χ1n) is 1.65. The van der Waals surface area contributed by atoms with E-state index in [1.807, 2.05) is 0 Å². The van der Waals surface area contributed by atoms with Crippen molar-refractivity contribution in [2.75, 3.05) is 6.54 Å². The summed E-state index contributed by atoms with van der Waals surface area (Å²) in [4.78, 5) is 3.50. The molecular weight excluding hydrogens is 76.1 g/mol. The second-order valence-corrected chi connectivity index (χ2v) is 0.860. The lowest BCUT2D eigenvalue weighted by Gasteiger charge is -1.74. The minimum Gasteiger partial charge on any atom is -0.322 e. The molecule has 0 saturated carbocycles. The molecule has 0 aromatic carbocycles. The van der Waals surface area contributed by atoms with E-state index in [0.29, 0.717) is 6.54 Å². The standard InChI is InChI=1S/C4H3N2/c1-2-6-4-3-5-1/h5H,1H2/q+1. The summed E-state index contributed by atoms with van der Waals surface area (Å²) in [6.07, 6.45) is 0. The summed E-state index contributed by atoms with van der Waals surface area (Å²) in [6, 6.07) is 7.62. The predicted molar refractivity (Wildman–Crippen MR) is 23.0 cm³/mol. The largest absolute Gasteiger partial charge is 0.397 e. The summed E-state index contributed by atoms with van der Waals surface area (Å²) < 4.78 is 0. The summed E-state index contributed by atoms with van der Waals surface area (Å²) in [7, 11) is 0. The van der Waals surface area contributed by atoms with Crippen LogP contribution in [0.3, 0.4) is 0 Å². The van der Waals surface area contributed by atoms with Gasteiger partial charge in [-0.1, -0.05) is 0 Å². The van der Waals surface area contributed by atoms with Crippen molar-refractivity contribution in [1.82, 2.24) is 5.32 Å². The highest BCUT2D eigenvalue weighted by atomic mass is 14.9. The molecule has 1 N–H and O–H groups in total. The van der Waals surface area contributed by atoms with Crippen LogP contribution < -0.4 is 5.32 Å². The predicted octanol–water partition coefficient (Wildman–Crippen LogP) is -0.159. The van der Waals surface area contributed by atoms with Crippen molar-refractivity contribution in [2.24, 2.45) is 0 Å². The van der Waals surface area contributed by atoms with Crippen LogP contribution in [0.5, 0.6) is 0 Å². The first-order valence-corrected chi connectivity index (χ1v) is 1.65. The molecule has 0 fully saturated rings. The molecule has 0 aromatic heterocycles. The van der Waals surface area contributed by atoms with Gasteiger partial charge < -0.3 is 5.32 Å². The summed E-state index contributed by atoms with van der Waals surface area (Å²) in [5.41, 5.74) is 0. The maximum atomic E-state index is 3.50. The molecule has 1 aliphatic heterocycles. The number of nitrogens with zero attached hydrogens (tertiary/aromatic N) is 1. The topological polar surface area (TPSA) is 16.4 Å². The molecule has 28 valence electrons. The molecule has 1 aliphatic rings. The molecular formula is C4H3N2+. The van der Waals surface area contributed by atoms with Crippen LogP contribution in [0.2, 0.25) is 0 Å². The smallest absolute Gasteiger partial charge is 0.322 e. The van der Waals surface area contributed by atoms with Gasteiger partial charge in [-0.15, -0.1) is 0 Å². The molecule has 0 aliphatic carbocycles. The van der Waals surface area contributed by atoms with E-state index < -0.39 is 0 Å². The molecule has 0 aromatic rings. The fourth-order valence-corrected chi connectivity index (χ4v) is 0.230. The molecule has 0 atom stereocenters. The van der Waals surface area contributed by atoms with Crippen molar-refractivity contribution in [3.8, 4) is 18.2 Å². The lowest BCUT2D eigenvalue weighted by molar-refractivity contribution is 1.04. The zero-order valence-corrected chi connectivity index (χ0v) is 3.15. The van der Waals surface area contributed by atoms with Gasteiger partial charge in [0.1, 0.15) is 6.04 Å². The third kappa shape index (κ3) is 0.415. The molecule has 0 spiro atoms. The van der Waals surface area contributed by atoms with Gasteiger partial charge in [0.15, 0.2) is 6.54 Å². The van der Waals surface area contributed by atoms with Crippen molar-refractivity contribution in [3.05, 3.63) is 4.85 Å². The monoisotopic (exact) mass is 79.0 g/mol. The Labute approximate surface area is 36.0 Å². The molecule has 1 rings (SSSR count). The third-order valence-electron chi connectivity index (χ3n) is 0.447. The molecule has 0 saturated heterocycles. The van der Waals surface area contributed by atoms with Gasteiger partial charge in [-0.2, -0.15) is 0 Å². The summed E-state index contributed by atoms with van der Waals surface area (Å²) in [6.45, 7) is 0.660. The van der Waals surface area contributed by atoms with Crippen LogP contribution in [0.4, 0.5) is 0 Å². The zero-order chi connectivity index (χ0) is 4.24. The van der Waals surface area contributed by atoms with E-state index in [1.54, 1.807) is 0 Å². The molecule has 2 heteroatoms. The second kappa shape index (κ2) is 1.33. The lowest BCUT2D eigenvalue weighted by Crippen LogP contribution is -2.05. The van der Waals surface area contributed by atoms with Crippen molar-refractivity contribution >= 4 is 0 Å². The minimum absolute atomic E-state index is 0.660. The van der Waals surface area contributed by atoms with Crippen LogP contribution in [0, 0.1) is 18.2 Å². The van der Waals surface area contributed by atoms with Crippen LogP contribution in [0.25, 0.3) is 4.85 Å². The third-order valence-corrected chi connectivity index (χ3v) is 0.447. The van der Waals surface area contributed by atoms with Crippen LogP contribution in [-0.2, 0) is 0 Å². The maximum absolute atomic E-state index is 3.50. The van der Waals surface area contributed by atoms with Crippen LogP contribution >= 0.6 is 0 Å². The first-order chi connectivity index (χ1) is 3.00. The molecule has 1 heterocycles. The molecule has 0 unspecified atom stereocenters. The van der Waals surface area contributed by atoms with Gasteiger partial charge in [0.2, 0.25) is 0 Å². The van der Waals surface area contributed by atoms with E-state index in [0.717, 1.165) is 0 Å². The van der Waals surface area contributed by atoms with E-state index in [-0.39, 0.29) is 0 Å². The lowest BCUT2D eigenvalue weighted by atomic mass is 10.7. The highest BCUT2D eigenvalue weighted by molar-refractivity contribution is 5.16. The minimum atomic E-state index is 0.660. The number of hydrogen-bond acceptors (Lipinski definition) is 1. The normalized spacial score (nSPS) is 12.0. The first kappa shape index (κ1) is 3.06. The summed E-state index contributed by atoms with van der Waals surface area (Å²) >= 11 is 0. The quantitative estimate of drug-likeness (QED) is 0.315. The number of nitrogens with one attached hydrogen (secondary N) is 1. The van der Waals surface area contributed by atoms with Gasteiger partial charge in [-0.3, -0.25) is 0 Å². The Morgan fingerprint density at radius 2 is 2.67 bits per heavy atom. The van der Waals surface area contributed by atoms with Gasteiger partial charge in [-0.25, -0.2) is 0 Å². The number of rotatable bonds is 0. The van der Waals surface area contributed by atoms with Crippen molar-refractivity contribution < 1.29 is 0 Å². The Hall–Kier alpha value is -1.15. The SMILES string of the molecule is C1#CNCC#[N+]1. The number of hydrogen-bond donors (Lipinski definition) is 1. The molecule has 2 nitrogen and oxygen atoms in total. The average molecular weight is 79.1 g/mol.